The highest BCUT2D eigenvalue weighted by molar-refractivity contribution is 7.84. The van der Waals surface area contributed by atoms with E-state index in [4.69, 9.17) is 0 Å². The van der Waals surface area contributed by atoms with Crippen LogP contribution in [0.5, 0.6) is 0 Å². The number of nitro benzene ring substituents is 1. The van der Waals surface area contributed by atoms with Crippen LogP contribution in [0.1, 0.15) is 5.56 Å². The van der Waals surface area contributed by atoms with Gasteiger partial charge in [0.05, 0.1) is 26.4 Å². The summed E-state index contributed by atoms with van der Waals surface area (Å²) in [6, 6.07) is 12.6. The van der Waals surface area contributed by atoms with Crippen LogP contribution in [0.3, 0.4) is 0 Å². The Morgan fingerprint density at radius 2 is 1.79 bits per heavy atom. The van der Waals surface area contributed by atoms with Gasteiger partial charge in [0.25, 0.3) is 0 Å². The normalized spacial score (nSPS) is 12.1. The van der Waals surface area contributed by atoms with Crippen molar-refractivity contribution in [3.8, 4) is 0 Å². The number of hydrogen-bond acceptors (Lipinski definition) is 3. The summed E-state index contributed by atoms with van der Waals surface area (Å²) >= 11 is 0. The van der Waals surface area contributed by atoms with E-state index in [1.165, 1.54) is 12.1 Å². The van der Waals surface area contributed by atoms with Gasteiger partial charge in [0, 0.05) is 6.07 Å². The molecule has 0 fully saturated rings. The van der Waals surface area contributed by atoms with Crippen molar-refractivity contribution in [3.05, 3.63) is 70.0 Å². The molecule has 0 aliphatic carbocycles. The van der Waals surface area contributed by atoms with Gasteiger partial charge in [-0.05, 0) is 11.6 Å². The Hall–Kier alpha value is -2.08. The van der Waals surface area contributed by atoms with Gasteiger partial charge in [-0.3, -0.25) is 14.3 Å². The van der Waals surface area contributed by atoms with Gasteiger partial charge in [-0.25, -0.2) is 0 Å². The molecule has 0 heterocycles. The molecule has 0 saturated heterocycles. The van der Waals surface area contributed by atoms with E-state index >= 15 is 0 Å². The molecule has 0 radical (unpaired) electrons. The quantitative estimate of drug-likeness (QED) is 0.638. The summed E-state index contributed by atoms with van der Waals surface area (Å²) < 4.78 is 25.9. The highest BCUT2D eigenvalue weighted by Gasteiger charge is 2.20. The first-order valence-electron chi connectivity index (χ1n) is 5.45. The summed E-state index contributed by atoms with van der Waals surface area (Å²) in [7, 11) is -1.65. The van der Waals surface area contributed by atoms with Crippen molar-refractivity contribution in [2.75, 3.05) is 0 Å². The maximum Gasteiger partial charge on any atom is 0.306 e. The average molecular weight is 279 g/mol. The minimum Gasteiger partial charge on any atom is -0.258 e. The van der Waals surface area contributed by atoms with Crippen molar-refractivity contribution in [2.45, 2.75) is 10.6 Å². The van der Waals surface area contributed by atoms with Gasteiger partial charge >= 0.3 is 5.69 Å². The Morgan fingerprint density at radius 1 is 1.11 bits per heavy atom. The lowest BCUT2D eigenvalue weighted by Gasteiger charge is -2.04. The predicted molar refractivity (Wildman–Crippen MR) is 69.6 cm³/mol. The zero-order chi connectivity index (χ0) is 13.8. The second-order valence-corrected chi connectivity index (χ2v) is 5.24. The lowest BCUT2D eigenvalue weighted by molar-refractivity contribution is -0.387. The number of benzene rings is 2. The zero-order valence-electron chi connectivity index (χ0n) is 9.78. The molecule has 2 aromatic rings. The molecular formula is C13H10FNO3S. The first-order valence-corrected chi connectivity index (χ1v) is 6.76. The number of nitrogens with zero attached hydrogens (tertiary/aromatic N) is 1. The van der Waals surface area contributed by atoms with E-state index in [1.807, 2.05) is 6.07 Å². The van der Waals surface area contributed by atoms with Gasteiger partial charge < -0.3 is 0 Å². The molecule has 6 heteroatoms. The zero-order valence-corrected chi connectivity index (χ0v) is 10.6. The van der Waals surface area contributed by atoms with E-state index < -0.39 is 27.2 Å². The Kier molecular flexibility index (Phi) is 4.01. The standard InChI is InChI=1S/C13H10FNO3S/c14-13-11(15(16)17)7-4-8-12(13)19(18)9-10-5-2-1-3-6-10/h1-8H,9H2. The Morgan fingerprint density at radius 3 is 2.42 bits per heavy atom. The molecule has 0 aliphatic heterocycles. The molecule has 1 atom stereocenters. The fourth-order valence-electron chi connectivity index (χ4n) is 1.62. The van der Waals surface area contributed by atoms with Crippen LogP contribution in [-0.2, 0) is 16.6 Å². The van der Waals surface area contributed by atoms with Gasteiger partial charge in [0.15, 0.2) is 0 Å². The molecule has 0 bridgehead atoms. The van der Waals surface area contributed by atoms with Gasteiger partial charge in [-0.2, -0.15) is 4.39 Å². The molecule has 2 aromatic carbocycles. The van der Waals surface area contributed by atoms with E-state index in [0.29, 0.717) is 0 Å². The smallest absolute Gasteiger partial charge is 0.258 e. The van der Waals surface area contributed by atoms with Gasteiger partial charge in [0.1, 0.15) is 0 Å². The van der Waals surface area contributed by atoms with Crippen LogP contribution in [0.15, 0.2) is 53.4 Å². The van der Waals surface area contributed by atoms with Gasteiger partial charge in [0.2, 0.25) is 5.82 Å². The summed E-state index contributed by atoms with van der Waals surface area (Å²) in [4.78, 5) is 9.66. The van der Waals surface area contributed by atoms with Crippen LogP contribution in [0.25, 0.3) is 0 Å². The van der Waals surface area contributed by atoms with Crippen molar-refractivity contribution >= 4 is 16.5 Å². The van der Waals surface area contributed by atoms with Crippen molar-refractivity contribution in [1.82, 2.24) is 0 Å². The van der Waals surface area contributed by atoms with E-state index in [2.05, 4.69) is 0 Å². The Labute approximate surface area is 111 Å². The Bertz CT molecular complexity index is 631. The second kappa shape index (κ2) is 5.71. The molecule has 19 heavy (non-hydrogen) atoms. The van der Waals surface area contributed by atoms with Crippen LogP contribution in [0.4, 0.5) is 10.1 Å². The van der Waals surface area contributed by atoms with Crippen LogP contribution < -0.4 is 0 Å². The summed E-state index contributed by atoms with van der Waals surface area (Å²) in [5.41, 5.74) is 0.130. The molecule has 0 aromatic heterocycles. The fraction of sp³-hybridized carbons (Fsp3) is 0.0769. The molecule has 1 unspecified atom stereocenters. The van der Waals surface area contributed by atoms with Crippen molar-refractivity contribution < 1.29 is 13.5 Å². The minimum absolute atomic E-state index is 0.124. The first-order chi connectivity index (χ1) is 9.09. The molecule has 0 amide bonds. The third-order valence-corrected chi connectivity index (χ3v) is 3.93. The number of halogens is 1. The topological polar surface area (TPSA) is 60.2 Å². The number of nitro groups is 1. The average Bonchev–Trinajstić information content (AvgIpc) is 2.39. The predicted octanol–water partition coefficient (Wildman–Crippen LogP) is 3.04. The Balaban J connectivity index is 2.30. The van der Waals surface area contributed by atoms with Crippen LogP contribution in [0, 0.1) is 15.9 Å². The highest BCUT2D eigenvalue weighted by Crippen LogP contribution is 2.24. The second-order valence-electron chi connectivity index (χ2n) is 3.82. The third-order valence-electron chi connectivity index (χ3n) is 2.53. The molecular weight excluding hydrogens is 269 g/mol. The summed E-state index contributed by atoms with van der Waals surface area (Å²) in [6.45, 7) is 0. The third kappa shape index (κ3) is 3.03. The lowest BCUT2D eigenvalue weighted by Crippen LogP contribution is -2.02. The molecule has 0 aliphatic rings. The summed E-state index contributed by atoms with van der Waals surface area (Å²) in [6.07, 6.45) is 0. The van der Waals surface area contributed by atoms with E-state index in [9.17, 15) is 18.7 Å². The van der Waals surface area contributed by atoms with Crippen molar-refractivity contribution in [2.24, 2.45) is 0 Å². The number of hydrogen-bond donors (Lipinski definition) is 0. The largest absolute Gasteiger partial charge is 0.306 e. The van der Waals surface area contributed by atoms with Crippen LogP contribution >= 0.6 is 0 Å². The first kappa shape index (κ1) is 13.4. The maximum absolute atomic E-state index is 13.8. The van der Waals surface area contributed by atoms with Crippen LogP contribution in [-0.4, -0.2) is 9.13 Å². The maximum atomic E-state index is 13.8. The molecule has 0 N–H and O–H groups in total. The van der Waals surface area contributed by atoms with E-state index in [-0.39, 0.29) is 10.6 Å². The molecule has 0 saturated carbocycles. The highest BCUT2D eigenvalue weighted by atomic mass is 32.2. The van der Waals surface area contributed by atoms with E-state index in [1.54, 1.807) is 24.3 Å². The van der Waals surface area contributed by atoms with Gasteiger partial charge in [-0.15, -0.1) is 0 Å². The summed E-state index contributed by atoms with van der Waals surface area (Å²) in [5.74, 6) is -0.902. The lowest BCUT2D eigenvalue weighted by atomic mass is 10.2. The van der Waals surface area contributed by atoms with E-state index in [0.717, 1.165) is 11.6 Å². The molecule has 2 rings (SSSR count). The number of rotatable bonds is 4. The van der Waals surface area contributed by atoms with Crippen molar-refractivity contribution in [3.63, 3.8) is 0 Å². The monoisotopic (exact) mass is 279 g/mol. The minimum atomic E-state index is -1.65. The molecule has 98 valence electrons. The molecule has 4 nitrogen and oxygen atoms in total. The van der Waals surface area contributed by atoms with Crippen molar-refractivity contribution in [1.29, 1.82) is 0 Å². The SMILES string of the molecule is O=[N+]([O-])c1cccc(S(=O)Cc2ccccc2)c1F. The van der Waals surface area contributed by atoms with Crippen LogP contribution in [0.2, 0.25) is 0 Å². The molecule has 0 spiro atoms. The summed E-state index contributed by atoms with van der Waals surface area (Å²) in [5, 5.41) is 10.6. The fourth-order valence-corrected chi connectivity index (χ4v) is 2.80. The van der Waals surface area contributed by atoms with Gasteiger partial charge in [-0.1, -0.05) is 36.4 Å².